The molecule has 30 heavy (non-hydrogen) atoms. The minimum Gasteiger partial charge on any atom is -0.354 e. The van der Waals surface area contributed by atoms with Gasteiger partial charge in [-0.3, -0.25) is 9.59 Å². The summed E-state index contributed by atoms with van der Waals surface area (Å²) in [7, 11) is 0. The number of para-hydroxylation sites is 2. The number of rotatable bonds is 2. The van der Waals surface area contributed by atoms with Crippen molar-refractivity contribution in [2.24, 2.45) is 0 Å². The third kappa shape index (κ3) is 2.22. The molecule has 0 bridgehead atoms. The Kier molecular flexibility index (Phi) is 3.44. The van der Waals surface area contributed by atoms with E-state index in [1.807, 2.05) is 78.9 Å². The van der Waals surface area contributed by atoms with Crippen molar-refractivity contribution >= 4 is 39.3 Å². The molecule has 2 amide bonds. The number of benzene rings is 4. The fourth-order valence-electron chi connectivity index (χ4n) is 4.40. The molecule has 4 heteroatoms. The lowest BCUT2D eigenvalue weighted by molar-refractivity contribution is 0.0926. The molecule has 0 aliphatic carbocycles. The summed E-state index contributed by atoms with van der Waals surface area (Å²) in [6, 6.07) is 28.9. The first-order chi connectivity index (χ1) is 14.7. The van der Waals surface area contributed by atoms with Crippen LogP contribution in [0.1, 0.15) is 20.7 Å². The Balaban J connectivity index is 1.72. The normalized spacial score (nSPS) is 13.4. The van der Waals surface area contributed by atoms with Gasteiger partial charge in [-0.2, -0.15) is 0 Å². The molecule has 4 aromatic carbocycles. The predicted octanol–water partition coefficient (Wildman–Crippen LogP) is 5.79. The summed E-state index contributed by atoms with van der Waals surface area (Å²) in [4.78, 5) is 31.5. The molecular formula is C26H16N2O2. The van der Waals surface area contributed by atoms with Crippen LogP contribution in [0.4, 0.5) is 5.69 Å². The maximum absolute atomic E-state index is 13.4. The minimum absolute atomic E-state index is 0.293. The number of H-pyrrole nitrogens is 1. The second-order valence-corrected chi connectivity index (χ2v) is 7.41. The van der Waals surface area contributed by atoms with Gasteiger partial charge in [-0.15, -0.1) is 0 Å². The fraction of sp³-hybridized carbons (Fsp3) is 0. The lowest BCUT2D eigenvalue weighted by Crippen LogP contribution is -2.29. The van der Waals surface area contributed by atoms with Crippen molar-refractivity contribution in [3.05, 3.63) is 102 Å². The number of anilines is 1. The van der Waals surface area contributed by atoms with E-state index >= 15 is 0 Å². The minimum atomic E-state index is -0.294. The van der Waals surface area contributed by atoms with Gasteiger partial charge in [-0.25, -0.2) is 4.90 Å². The van der Waals surface area contributed by atoms with Gasteiger partial charge in [-0.05, 0) is 35.4 Å². The molecule has 1 aliphatic rings. The van der Waals surface area contributed by atoms with Crippen molar-refractivity contribution in [3.8, 4) is 11.1 Å². The number of aromatic nitrogens is 1. The van der Waals surface area contributed by atoms with Crippen LogP contribution in [-0.4, -0.2) is 16.8 Å². The highest BCUT2D eigenvalue weighted by Crippen LogP contribution is 2.41. The highest BCUT2D eigenvalue weighted by molar-refractivity contribution is 6.39. The van der Waals surface area contributed by atoms with E-state index in [1.165, 1.54) is 4.90 Å². The zero-order valence-electron chi connectivity index (χ0n) is 15.9. The molecule has 0 unspecified atom stereocenters. The van der Waals surface area contributed by atoms with E-state index in [9.17, 15) is 9.59 Å². The molecule has 5 aromatic rings. The summed E-state index contributed by atoms with van der Waals surface area (Å²) in [6.45, 7) is 0. The van der Waals surface area contributed by atoms with E-state index in [4.69, 9.17) is 0 Å². The summed E-state index contributed by atoms with van der Waals surface area (Å²) >= 11 is 0. The van der Waals surface area contributed by atoms with Crippen LogP contribution in [0.15, 0.2) is 91.0 Å². The maximum Gasteiger partial charge on any atom is 0.268 e. The number of aromatic amines is 1. The van der Waals surface area contributed by atoms with Crippen LogP contribution in [0.5, 0.6) is 0 Å². The van der Waals surface area contributed by atoms with Gasteiger partial charge in [0.1, 0.15) is 0 Å². The lowest BCUT2D eigenvalue weighted by atomic mass is 9.94. The van der Waals surface area contributed by atoms with E-state index in [-0.39, 0.29) is 11.8 Å². The quantitative estimate of drug-likeness (QED) is 0.389. The molecule has 4 nitrogen and oxygen atoms in total. The molecule has 0 spiro atoms. The average molecular weight is 388 g/mol. The molecule has 0 saturated heterocycles. The van der Waals surface area contributed by atoms with Gasteiger partial charge in [0, 0.05) is 16.3 Å². The van der Waals surface area contributed by atoms with Crippen molar-refractivity contribution < 1.29 is 9.59 Å². The van der Waals surface area contributed by atoms with Crippen molar-refractivity contribution in [2.45, 2.75) is 0 Å². The van der Waals surface area contributed by atoms with Crippen LogP contribution in [0.3, 0.4) is 0 Å². The molecule has 2 heterocycles. The Morgan fingerprint density at radius 2 is 1.33 bits per heavy atom. The van der Waals surface area contributed by atoms with E-state index in [0.29, 0.717) is 22.3 Å². The third-order valence-corrected chi connectivity index (χ3v) is 5.73. The van der Waals surface area contributed by atoms with Crippen LogP contribution in [-0.2, 0) is 0 Å². The number of carbonyl (C=O) groups excluding carboxylic acids is 2. The zero-order chi connectivity index (χ0) is 20.2. The van der Waals surface area contributed by atoms with E-state index in [0.717, 1.165) is 27.4 Å². The van der Waals surface area contributed by atoms with Gasteiger partial charge in [0.25, 0.3) is 11.8 Å². The lowest BCUT2D eigenvalue weighted by Gasteiger charge is -2.13. The van der Waals surface area contributed by atoms with Gasteiger partial charge in [0.2, 0.25) is 0 Å². The SMILES string of the molecule is O=C1c2cc(-c3ccccc3)c3c([nH]c4ccccc43)c2C(=O)N1c1ccccc1. The molecule has 1 aliphatic heterocycles. The first kappa shape index (κ1) is 16.7. The monoisotopic (exact) mass is 388 g/mol. The fourth-order valence-corrected chi connectivity index (χ4v) is 4.40. The first-order valence-electron chi connectivity index (χ1n) is 9.81. The Bertz CT molecular complexity index is 1470. The smallest absolute Gasteiger partial charge is 0.268 e. The standard InChI is InChI=1S/C26H16N2O2/c29-25-20-15-19(16-9-3-1-4-10-16)22-18-13-7-8-14-21(18)27-24(22)23(20)26(30)28(25)17-11-5-2-6-12-17/h1-15,27H. The molecule has 1 aromatic heterocycles. The number of fused-ring (bicyclic) bond motifs is 5. The highest BCUT2D eigenvalue weighted by Gasteiger charge is 2.39. The number of nitrogens with one attached hydrogen (secondary N) is 1. The average Bonchev–Trinajstić information content (AvgIpc) is 3.29. The van der Waals surface area contributed by atoms with Crippen molar-refractivity contribution in [1.29, 1.82) is 0 Å². The van der Waals surface area contributed by atoms with Crippen molar-refractivity contribution in [1.82, 2.24) is 4.98 Å². The molecule has 1 N–H and O–H groups in total. The van der Waals surface area contributed by atoms with E-state index in [1.54, 1.807) is 12.1 Å². The van der Waals surface area contributed by atoms with Crippen LogP contribution < -0.4 is 4.90 Å². The topological polar surface area (TPSA) is 53.2 Å². The van der Waals surface area contributed by atoms with Gasteiger partial charge in [0.05, 0.1) is 22.3 Å². The Labute approximate surface area is 172 Å². The molecule has 142 valence electrons. The Morgan fingerprint density at radius 3 is 2.10 bits per heavy atom. The first-order valence-corrected chi connectivity index (χ1v) is 9.81. The molecular weight excluding hydrogens is 372 g/mol. The maximum atomic E-state index is 13.4. The zero-order valence-corrected chi connectivity index (χ0v) is 15.9. The van der Waals surface area contributed by atoms with Gasteiger partial charge in [0.15, 0.2) is 0 Å². The summed E-state index contributed by atoms with van der Waals surface area (Å²) in [5.41, 5.74) is 5.05. The van der Waals surface area contributed by atoms with Crippen LogP contribution in [0, 0.1) is 0 Å². The number of carbonyl (C=O) groups is 2. The van der Waals surface area contributed by atoms with Crippen molar-refractivity contribution in [3.63, 3.8) is 0 Å². The molecule has 0 atom stereocenters. The largest absolute Gasteiger partial charge is 0.354 e. The van der Waals surface area contributed by atoms with E-state index in [2.05, 4.69) is 4.98 Å². The summed E-state index contributed by atoms with van der Waals surface area (Å²) in [6.07, 6.45) is 0. The summed E-state index contributed by atoms with van der Waals surface area (Å²) in [5, 5.41) is 2.00. The number of nitrogens with zero attached hydrogens (tertiary/aromatic N) is 1. The highest BCUT2D eigenvalue weighted by atomic mass is 16.2. The number of hydrogen-bond donors (Lipinski definition) is 1. The van der Waals surface area contributed by atoms with Crippen molar-refractivity contribution in [2.75, 3.05) is 4.90 Å². The Hall–Kier alpha value is -4.18. The Morgan fingerprint density at radius 1 is 0.667 bits per heavy atom. The van der Waals surface area contributed by atoms with Gasteiger partial charge < -0.3 is 4.98 Å². The molecule has 0 fully saturated rings. The second-order valence-electron chi connectivity index (χ2n) is 7.41. The van der Waals surface area contributed by atoms with E-state index < -0.39 is 0 Å². The van der Waals surface area contributed by atoms with Crippen LogP contribution in [0.2, 0.25) is 0 Å². The van der Waals surface area contributed by atoms with Gasteiger partial charge >= 0.3 is 0 Å². The molecule has 0 radical (unpaired) electrons. The summed E-state index contributed by atoms with van der Waals surface area (Å²) in [5.74, 6) is -0.587. The second kappa shape index (κ2) is 6.16. The number of imide groups is 1. The van der Waals surface area contributed by atoms with Crippen LogP contribution in [0.25, 0.3) is 32.9 Å². The number of amides is 2. The molecule has 6 rings (SSSR count). The third-order valence-electron chi connectivity index (χ3n) is 5.73. The van der Waals surface area contributed by atoms with Crippen LogP contribution >= 0.6 is 0 Å². The molecule has 0 saturated carbocycles. The summed E-state index contributed by atoms with van der Waals surface area (Å²) < 4.78 is 0. The van der Waals surface area contributed by atoms with Gasteiger partial charge in [-0.1, -0.05) is 66.7 Å². The number of hydrogen-bond acceptors (Lipinski definition) is 2. The predicted molar refractivity (Wildman–Crippen MR) is 119 cm³/mol.